The van der Waals surface area contributed by atoms with E-state index in [2.05, 4.69) is 215 Å². The lowest BCUT2D eigenvalue weighted by Gasteiger charge is -2.21. The first-order valence-electron chi connectivity index (χ1n) is 43.7. The highest BCUT2D eigenvalue weighted by atomic mass is 31.2. The second-order valence-corrected chi connectivity index (χ2v) is 31.5. The average Bonchev–Trinajstić information content (AvgIpc) is 0.898. The number of unbranched alkanes of at least 4 members (excludes halogenated alkanes) is 26. The van der Waals surface area contributed by atoms with Crippen LogP contribution in [0.4, 0.5) is 0 Å². The molecule has 18 heteroatoms. The summed E-state index contributed by atoms with van der Waals surface area (Å²) in [4.78, 5) is 58.9. The molecule has 0 aliphatic heterocycles. The summed E-state index contributed by atoms with van der Waals surface area (Å²) in [5.41, 5.74) is 0. The van der Waals surface area contributed by atoms with Gasteiger partial charge in [0.2, 0.25) is 0 Å². The SMILES string of the molecule is CC/C=C\C/C=C\C/C=C\C/C=C\C/C=C\C/C=C\CCCCCCCCCCC(=O)OCC(COP(=O)(O)OCC(O)COP(=O)(O)OCC(O)COC(=O)CCCCCCCCCCCCCCC/C=C\C/C=C\C/C=C\C/C=C\CCCCC)OC(=O)CCCC/C=C\C/C=C\C/C=C\C/C=C\C/C=C\C/C=C\CC. The second-order valence-electron chi connectivity index (χ2n) is 28.6. The number of aliphatic hydroxyl groups excluding tert-OH is 2. The molecule has 0 aliphatic rings. The third kappa shape index (κ3) is 87.1. The lowest BCUT2D eigenvalue weighted by molar-refractivity contribution is -0.161. The number of phosphoric ester groups is 2. The zero-order chi connectivity index (χ0) is 82.2. The number of hydrogen-bond acceptors (Lipinski definition) is 14. The van der Waals surface area contributed by atoms with E-state index >= 15 is 0 Å². The summed E-state index contributed by atoms with van der Waals surface area (Å²) >= 11 is 0. The molecule has 642 valence electrons. The van der Waals surface area contributed by atoms with Gasteiger partial charge in [0, 0.05) is 19.3 Å². The number of esters is 3. The van der Waals surface area contributed by atoms with Crippen molar-refractivity contribution in [3.8, 4) is 0 Å². The highest BCUT2D eigenvalue weighted by Crippen LogP contribution is 2.45. The number of hydrogen-bond donors (Lipinski definition) is 4. The Balaban J connectivity index is 4.69. The molecule has 0 saturated heterocycles. The molecular weight excluding hydrogens is 1460 g/mol. The molecule has 0 aromatic heterocycles. The van der Waals surface area contributed by atoms with Crippen LogP contribution in [0.3, 0.4) is 0 Å². The van der Waals surface area contributed by atoms with E-state index in [0.717, 1.165) is 173 Å². The summed E-state index contributed by atoms with van der Waals surface area (Å²) in [5.74, 6) is -1.64. The molecule has 0 fully saturated rings. The van der Waals surface area contributed by atoms with Crippen molar-refractivity contribution < 1.29 is 75.8 Å². The minimum absolute atomic E-state index is 0.0398. The summed E-state index contributed by atoms with van der Waals surface area (Å²) in [5, 5.41) is 20.7. The number of allylic oxidation sites excluding steroid dienone is 32. The predicted molar refractivity (Wildman–Crippen MR) is 472 cm³/mol. The number of carbonyl (C=O) groups is 3. The van der Waals surface area contributed by atoms with Crippen molar-refractivity contribution in [1.82, 2.24) is 0 Å². The third-order valence-electron chi connectivity index (χ3n) is 17.8. The molecule has 0 bridgehead atoms. The molecule has 0 amide bonds. The lowest BCUT2D eigenvalue weighted by atomic mass is 10.0. The Morgan fingerprint density at radius 2 is 0.469 bits per heavy atom. The third-order valence-corrected chi connectivity index (χ3v) is 19.7. The molecule has 16 nitrogen and oxygen atoms in total. The second kappa shape index (κ2) is 85.8. The van der Waals surface area contributed by atoms with E-state index in [1.807, 2.05) is 0 Å². The molecule has 0 rings (SSSR count). The van der Waals surface area contributed by atoms with Gasteiger partial charge in [0.25, 0.3) is 0 Å². The Labute approximate surface area is 687 Å². The first kappa shape index (κ1) is 107. The largest absolute Gasteiger partial charge is 0.472 e. The Morgan fingerprint density at radius 1 is 0.257 bits per heavy atom. The van der Waals surface area contributed by atoms with Crippen molar-refractivity contribution in [2.24, 2.45) is 0 Å². The molecule has 0 aliphatic carbocycles. The topological polar surface area (TPSA) is 231 Å². The molecule has 0 saturated carbocycles. The van der Waals surface area contributed by atoms with Gasteiger partial charge in [-0.2, -0.15) is 0 Å². The molecule has 4 N–H and O–H groups in total. The first-order valence-corrected chi connectivity index (χ1v) is 46.7. The molecule has 0 heterocycles. The molecule has 0 aromatic rings. The smallest absolute Gasteiger partial charge is 0.463 e. The van der Waals surface area contributed by atoms with Crippen LogP contribution in [0.2, 0.25) is 0 Å². The zero-order valence-corrected chi connectivity index (χ0v) is 72.3. The van der Waals surface area contributed by atoms with Crippen molar-refractivity contribution in [2.45, 2.75) is 347 Å². The molecular formula is C95H156O16P2. The van der Waals surface area contributed by atoms with E-state index in [4.69, 9.17) is 32.3 Å². The summed E-state index contributed by atoms with van der Waals surface area (Å²) in [7, 11) is -9.83. The number of ether oxygens (including phenoxy) is 3. The van der Waals surface area contributed by atoms with Gasteiger partial charge in [0.05, 0.1) is 26.4 Å². The lowest BCUT2D eigenvalue weighted by Crippen LogP contribution is -2.30. The molecule has 0 aromatic carbocycles. The van der Waals surface area contributed by atoms with E-state index in [1.54, 1.807) is 0 Å². The Morgan fingerprint density at radius 3 is 0.761 bits per heavy atom. The van der Waals surface area contributed by atoms with Crippen molar-refractivity contribution >= 4 is 33.6 Å². The van der Waals surface area contributed by atoms with Gasteiger partial charge in [-0.1, -0.05) is 337 Å². The van der Waals surface area contributed by atoms with E-state index in [9.17, 15) is 43.5 Å². The van der Waals surface area contributed by atoms with Crippen molar-refractivity contribution in [3.05, 3.63) is 194 Å². The molecule has 0 spiro atoms. The monoisotopic (exact) mass is 1620 g/mol. The number of rotatable bonds is 81. The molecule has 5 atom stereocenters. The quantitative estimate of drug-likeness (QED) is 0.0146. The van der Waals surface area contributed by atoms with Crippen LogP contribution >= 0.6 is 15.6 Å². The first-order chi connectivity index (χ1) is 55.2. The van der Waals surface area contributed by atoms with Gasteiger partial charge in [-0.3, -0.25) is 32.5 Å². The number of phosphoric acid groups is 2. The number of carbonyl (C=O) groups excluding carboxylic acids is 3. The van der Waals surface area contributed by atoms with Crippen LogP contribution in [0.25, 0.3) is 0 Å². The molecule has 113 heavy (non-hydrogen) atoms. The summed E-state index contributed by atoms with van der Waals surface area (Å²) in [6.45, 7) is 2.37. The standard InChI is InChI=1S/C95H156O16P2/c1-4-7-10-13-16-19-22-25-28-31-34-37-39-41-43-44-46-48-49-52-54-57-60-63-66-69-72-75-78-81-93(98)105-84-90(96)85-107-112(101,102)108-86-91(97)87-109-113(103,104)110-89-92(111-95(100)83-80-77-74-71-68-65-62-59-56-51-36-33-30-27-24-21-18-15-12-9-6-3)88-106-94(99)82-79-76-73-70-67-64-61-58-55-53-50-47-45-42-40-38-35-32-29-26-23-20-17-14-11-8-5-2/h8-9,11-12,16-21,25-30,34-38,41-43,45,50-51,53,59,62,68,71,90-92,96-97H,4-7,10,13-15,22-24,31-33,39-40,44,46-49,52,54-58,60-61,63-67,69-70,72-89H2,1-3H3,(H,101,102)(H,103,104)/b11-8-,12-9-,19-16-,20-17-,21-18-,28-25-,29-26-,30-27-,37-34-,38-35-,43-41-,45-42-,51-36-,53-50-,62-59-,71-68-. The minimum atomic E-state index is -4.96. The van der Waals surface area contributed by atoms with Crippen LogP contribution < -0.4 is 0 Å². The highest BCUT2D eigenvalue weighted by molar-refractivity contribution is 7.47. The maximum Gasteiger partial charge on any atom is 0.472 e. The van der Waals surface area contributed by atoms with Crippen LogP contribution in [0.5, 0.6) is 0 Å². The minimum Gasteiger partial charge on any atom is -0.463 e. The highest BCUT2D eigenvalue weighted by Gasteiger charge is 2.29. The fourth-order valence-electron chi connectivity index (χ4n) is 11.2. The summed E-state index contributed by atoms with van der Waals surface area (Å²) in [6, 6.07) is 0. The van der Waals surface area contributed by atoms with Crippen molar-refractivity contribution in [1.29, 1.82) is 0 Å². The zero-order valence-electron chi connectivity index (χ0n) is 70.5. The normalized spacial score (nSPS) is 14.8. The van der Waals surface area contributed by atoms with Crippen LogP contribution in [0, 0.1) is 0 Å². The van der Waals surface area contributed by atoms with Gasteiger partial charge in [-0.25, -0.2) is 9.13 Å². The van der Waals surface area contributed by atoms with Crippen LogP contribution in [0.1, 0.15) is 329 Å². The Bertz CT molecular complexity index is 2830. The fraction of sp³-hybridized carbons (Fsp3) is 0.632. The Kier molecular flexibility index (Phi) is 81.5. The van der Waals surface area contributed by atoms with Gasteiger partial charge in [-0.15, -0.1) is 0 Å². The molecule has 5 unspecified atom stereocenters. The van der Waals surface area contributed by atoms with Crippen LogP contribution in [0.15, 0.2) is 194 Å². The van der Waals surface area contributed by atoms with Crippen molar-refractivity contribution in [3.63, 3.8) is 0 Å². The van der Waals surface area contributed by atoms with E-state index in [0.29, 0.717) is 25.7 Å². The average molecular weight is 1620 g/mol. The Hall–Kier alpha value is -5.61. The van der Waals surface area contributed by atoms with E-state index in [-0.39, 0.29) is 19.3 Å². The predicted octanol–water partition coefficient (Wildman–Crippen LogP) is 26.7. The van der Waals surface area contributed by atoms with Crippen LogP contribution in [-0.4, -0.2) is 95.9 Å². The summed E-state index contributed by atoms with van der Waals surface area (Å²) < 4.78 is 61.3. The fourth-order valence-corrected chi connectivity index (χ4v) is 12.8. The van der Waals surface area contributed by atoms with E-state index < -0.39 is 91.5 Å². The van der Waals surface area contributed by atoms with Gasteiger partial charge < -0.3 is 34.2 Å². The van der Waals surface area contributed by atoms with Gasteiger partial charge in [-0.05, 0) is 167 Å². The maximum absolute atomic E-state index is 13.0. The molecule has 0 radical (unpaired) electrons. The maximum atomic E-state index is 13.0. The van der Waals surface area contributed by atoms with Gasteiger partial charge in [0.15, 0.2) is 6.10 Å². The van der Waals surface area contributed by atoms with Crippen LogP contribution in [-0.2, 0) is 55.8 Å². The number of aliphatic hydroxyl groups is 2. The van der Waals surface area contributed by atoms with Crippen molar-refractivity contribution in [2.75, 3.05) is 39.6 Å². The van der Waals surface area contributed by atoms with Gasteiger partial charge >= 0.3 is 33.6 Å². The van der Waals surface area contributed by atoms with Gasteiger partial charge in [0.1, 0.15) is 25.4 Å². The van der Waals surface area contributed by atoms with E-state index in [1.165, 1.54) is 89.9 Å². The summed E-state index contributed by atoms with van der Waals surface area (Å²) in [6.07, 6.45) is 113.